The summed E-state index contributed by atoms with van der Waals surface area (Å²) in [5.74, 6) is -3.28. The number of nitrogens with zero attached hydrogens (tertiary/aromatic N) is 1. The molecule has 2 aromatic carbocycles. The van der Waals surface area contributed by atoms with Gasteiger partial charge in [-0.2, -0.15) is 8.42 Å². The zero-order valence-corrected chi connectivity index (χ0v) is 16.3. The maximum Gasteiger partial charge on any atom is 0.298 e. The van der Waals surface area contributed by atoms with Gasteiger partial charge in [0.25, 0.3) is 10.1 Å². The van der Waals surface area contributed by atoms with Crippen LogP contribution >= 0.6 is 0 Å². The van der Waals surface area contributed by atoms with Gasteiger partial charge >= 0.3 is 0 Å². The van der Waals surface area contributed by atoms with Crippen molar-refractivity contribution in [1.29, 1.82) is 0 Å². The highest BCUT2D eigenvalue weighted by molar-refractivity contribution is 7.86. The number of hydrogen-bond donors (Lipinski definition) is 3. The summed E-state index contributed by atoms with van der Waals surface area (Å²) in [4.78, 5) is 4.03. The molecule has 10 heteroatoms. The fourth-order valence-corrected chi connectivity index (χ4v) is 3.41. The lowest BCUT2D eigenvalue weighted by Gasteiger charge is -2.34. The highest BCUT2D eigenvalue weighted by atomic mass is 32.2. The smallest absolute Gasteiger partial charge is 0.298 e. The Morgan fingerprint density at radius 2 is 1.90 bits per heavy atom. The van der Waals surface area contributed by atoms with Crippen molar-refractivity contribution in [3.63, 3.8) is 0 Å². The van der Waals surface area contributed by atoms with Crippen LogP contribution in [0.25, 0.3) is 0 Å². The SMILES string of the molecule is CCc1ccc(S(=O)(=O)OCNC2(Nc3ccc(F)c(F)c3)C=NC=CN2)cc1. The molecule has 0 aromatic heterocycles. The van der Waals surface area contributed by atoms with Gasteiger partial charge in [-0.3, -0.25) is 9.18 Å². The van der Waals surface area contributed by atoms with Crippen molar-refractivity contribution < 1.29 is 21.4 Å². The van der Waals surface area contributed by atoms with Crippen molar-refractivity contribution in [3.05, 3.63) is 72.1 Å². The maximum atomic E-state index is 13.5. The van der Waals surface area contributed by atoms with E-state index in [1.54, 1.807) is 12.1 Å². The molecule has 3 N–H and O–H groups in total. The van der Waals surface area contributed by atoms with Crippen molar-refractivity contribution in [1.82, 2.24) is 10.6 Å². The van der Waals surface area contributed by atoms with Crippen LogP contribution in [0.1, 0.15) is 12.5 Å². The molecule has 1 atom stereocenters. The fourth-order valence-electron chi connectivity index (χ4n) is 2.60. The molecule has 0 amide bonds. The zero-order chi connectivity index (χ0) is 20.9. The minimum atomic E-state index is -3.99. The van der Waals surface area contributed by atoms with Gasteiger partial charge in [0, 0.05) is 24.2 Å². The second-order valence-electron chi connectivity index (χ2n) is 6.19. The standard InChI is InChI=1S/C19H20F2N4O3S/c1-2-14-3-6-16(7-4-14)29(26,27)28-13-24-19(12-22-9-10-23-19)25-15-5-8-17(20)18(21)11-15/h3-12,23-25H,2,13H2,1H3. The molecule has 1 aliphatic rings. The molecular weight excluding hydrogens is 402 g/mol. The van der Waals surface area contributed by atoms with E-state index in [0.29, 0.717) is 0 Å². The molecule has 0 radical (unpaired) electrons. The van der Waals surface area contributed by atoms with Gasteiger partial charge in [0.2, 0.25) is 5.79 Å². The van der Waals surface area contributed by atoms with Gasteiger partial charge in [0.1, 0.15) is 6.73 Å². The van der Waals surface area contributed by atoms with Gasteiger partial charge < -0.3 is 10.6 Å². The second kappa shape index (κ2) is 8.68. The topological polar surface area (TPSA) is 91.8 Å². The minimum Gasteiger partial charge on any atom is -0.351 e. The monoisotopic (exact) mass is 422 g/mol. The van der Waals surface area contributed by atoms with Crippen molar-refractivity contribution in [2.75, 3.05) is 12.0 Å². The van der Waals surface area contributed by atoms with Gasteiger partial charge in [-0.05, 0) is 36.2 Å². The van der Waals surface area contributed by atoms with Crippen molar-refractivity contribution >= 4 is 22.0 Å². The molecule has 0 fully saturated rings. The lowest BCUT2D eigenvalue weighted by atomic mass is 10.2. The summed E-state index contributed by atoms with van der Waals surface area (Å²) in [6.07, 6.45) is 5.16. The third kappa shape index (κ3) is 5.17. The summed E-state index contributed by atoms with van der Waals surface area (Å²) in [7, 11) is -3.99. The van der Waals surface area contributed by atoms with E-state index in [2.05, 4.69) is 20.9 Å². The molecule has 1 heterocycles. The van der Waals surface area contributed by atoms with E-state index in [-0.39, 0.29) is 10.6 Å². The number of nitrogens with one attached hydrogen (secondary N) is 3. The van der Waals surface area contributed by atoms with Crippen molar-refractivity contribution in [2.24, 2.45) is 4.99 Å². The summed E-state index contributed by atoms with van der Waals surface area (Å²) < 4.78 is 56.5. The number of hydrogen-bond acceptors (Lipinski definition) is 7. The molecule has 0 aliphatic carbocycles. The Labute approximate surface area is 167 Å². The van der Waals surface area contributed by atoms with Crippen LogP contribution in [0.4, 0.5) is 14.5 Å². The summed E-state index contributed by atoms with van der Waals surface area (Å²) in [5, 5.41) is 8.64. The highest BCUT2D eigenvalue weighted by Gasteiger charge is 2.29. The Balaban J connectivity index is 1.69. The van der Waals surface area contributed by atoms with Crippen LogP contribution in [0.15, 0.2) is 64.8 Å². The largest absolute Gasteiger partial charge is 0.351 e. The molecule has 7 nitrogen and oxygen atoms in total. The Bertz CT molecular complexity index is 1030. The summed E-state index contributed by atoms with van der Waals surface area (Å²) >= 11 is 0. The van der Waals surface area contributed by atoms with Gasteiger partial charge in [0.05, 0.1) is 11.1 Å². The van der Waals surface area contributed by atoms with Crippen LogP contribution < -0.4 is 16.0 Å². The Morgan fingerprint density at radius 3 is 2.52 bits per heavy atom. The predicted octanol–water partition coefficient (Wildman–Crippen LogP) is 2.69. The lowest BCUT2D eigenvalue weighted by molar-refractivity contribution is 0.250. The minimum absolute atomic E-state index is 0.0317. The molecule has 154 valence electrons. The van der Waals surface area contributed by atoms with Crippen LogP contribution in [0.3, 0.4) is 0 Å². The summed E-state index contributed by atoms with van der Waals surface area (Å²) in [5.41, 5.74) is 1.25. The van der Waals surface area contributed by atoms with Crippen molar-refractivity contribution in [2.45, 2.75) is 24.0 Å². The first-order valence-corrected chi connectivity index (χ1v) is 10.2. The number of anilines is 1. The Morgan fingerprint density at radius 1 is 1.14 bits per heavy atom. The molecule has 1 aliphatic heterocycles. The van der Waals surface area contributed by atoms with Crippen LogP contribution in [0.2, 0.25) is 0 Å². The number of rotatable bonds is 8. The molecule has 3 rings (SSSR count). The van der Waals surface area contributed by atoms with E-state index >= 15 is 0 Å². The number of aryl methyl sites for hydroxylation is 1. The number of halogens is 2. The molecular formula is C19H20F2N4O3S. The quantitative estimate of drug-likeness (QED) is 0.448. The maximum absolute atomic E-state index is 13.5. The summed E-state index contributed by atoms with van der Waals surface area (Å²) in [6, 6.07) is 9.68. The third-order valence-electron chi connectivity index (χ3n) is 4.19. The zero-order valence-electron chi connectivity index (χ0n) is 15.5. The van der Waals surface area contributed by atoms with Gasteiger partial charge in [0.15, 0.2) is 11.6 Å². The Kier molecular flexibility index (Phi) is 6.26. The average Bonchev–Trinajstić information content (AvgIpc) is 2.71. The Hall–Kier alpha value is -2.82. The third-order valence-corrected chi connectivity index (χ3v) is 5.46. The van der Waals surface area contributed by atoms with E-state index in [1.807, 2.05) is 6.92 Å². The van der Waals surface area contributed by atoms with Crippen LogP contribution in [0.5, 0.6) is 0 Å². The van der Waals surface area contributed by atoms with E-state index < -0.39 is 34.3 Å². The first-order valence-electron chi connectivity index (χ1n) is 8.77. The molecule has 0 saturated carbocycles. The lowest BCUT2D eigenvalue weighted by Crippen LogP contribution is -2.63. The average molecular weight is 422 g/mol. The van der Waals surface area contributed by atoms with E-state index in [1.165, 1.54) is 36.8 Å². The molecule has 2 aromatic rings. The highest BCUT2D eigenvalue weighted by Crippen LogP contribution is 2.17. The first kappa shape index (κ1) is 20.9. The number of benzene rings is 2. The second-order valence-corrected chi connectivity index (χ2v) is 7.81. The molecule has 0 saturated heterocycles. The van der Waals surface area contributed by atoms with Crippen molar-refractivity contribution in [3.8, 4) is 0 Å². The fraction of sp³-hybridized carbons (Fsp3) is 0.211. The van der Waals surface area contributed by atoms with Crippen LogP contribution in [0, 0.1) is 11.6 Å². The van der Waals surface area contributed by atoms with E-state index in [9.17, 15) is 17.2 Å². The van der Waals surface area contributed by atoms with Crippen LogP contribution in [-0.2, 0) is 20.7 Å². The van der Waals surface area contributed by atoms with E-state index in [4.69, 9.17) is 4.18 Å². The number of aliphatic imine (C=N–C) groups is 1. The van der Waals surface area contributed by atoms with Gasteiger partial charge in [-0.15, -0.1) is 0 Å². The molecule has 0 spiro atoms. The van der Waals surface area contributed by atoms with Gasteiger partial charge in [-0.1, -0.05) is 19.1 Å². The predicted molar refractivity (Wildman–Crippen MR) is 106 cm³/mol. The molecule has 1 unspecified atom stereocenters. The van der Waals surface area contributed by atoms with Gasteiger partial charge in [-0.25, -0.2) is 14.1 Å². The molecule has 0 bridgehead atoms. The normalized spacial score (nSPS) is 18.4. The first-order chi connectivity index (χ1) is 13.8. The molecule has 29 heavy (non-hydrogen) atoms. The van der Waals surface area contributed by atoms with E-state index in [0.717, 1.165) is 24.1 Å². The summed E-state index contributed by atoms with van der Waals surface area (Å²) in [6.45, 7) is 1.55. The van der Waals surface area contributed by atoms with Crippen LogP contribution in [-0.4, -0.2) is 27.2 Å².